The Morgan fingerprint density at radius 1 is 0.903 bits per heavy atom. The number of para-hydroxylation sites is 1. The maximum Gasteiger partial charge on any atom is 0.256 e. The van der Waals surface area contributed by atoms with Crippen LogP contribution >= 0.6 is 0 Å². The van der Waals surface area contributed by atoms with Crippen LogP contribution in [-0.4, -0.2) is 30.6 Å². The van der Waals surface area contributed by atoms with Crippen LogP contribution in [0.4, 0.5) is 5.69 Å². The molecule has 5 aromatic rings. The predicted molar refractivity (Wildman–Crippen MR) is 118 cm³/mol. The third-order valence-corrected chi connectivity index (χ3v) is 4.90. The molecule has 0 aliphatic rings. The number of anilines is 1. The molecular formula is C24H18N6O. The van der Waals surface area contributed by atoms with Crippen molar-refractivity contribution >= 4 is 22.6 Å². The van der Waals surface area contributed by atoms with Gasteiger partial charge in [0.2, 0.25) is 0 Å². The molecule has 0 spiro atoms. The molecule has 0 saturated heterocycles. The van der Waals surface area contributed by atoms with Crippen molar-refractivity contribution in [1.29, 1.82) is 0 Å². The first-order chi connectivity index (χ1) is 15.3. The lowest BCUT2D eigenvalue weighted by molar-refractivity contribution is 0.102. The van der Waals surface area contributed by atoms with Gasteiger partial charge < -0.3 is 5.32 Å². The highest BCUT2D eigenvalue weighted by Crippen LogP contribution is 2.25. The Labute approximate surface area is 178 Å². The highest BCUT2D eigenvalue weighted by molar-refractivity contribution is 6.12. The van der Waals surface area contributed by atoms with Crippen molar-refractivity contribution in [3.63, 3.8) is 0 Å². The number of nitrogens with zero attached hydrogens (tertiary/aromatic N) is 5. The van der Waals surface area contributed by atoms with Crippen molar-refractivity contribution in [2.75, 3.05) is 5.32 Å². The summed E-state index contributed by atoms with van der Waals surface area (Å²) in [5.41, 5.74) is 4.34. The van der Waals surface area contributed by atoms with E-state index in [1.165, 1.54) is 0 Å². The number of aromatic nitrogens is 5. The summed E-state index contributed by atoms with van der Waals surface area (Å²) in [5.74, 6) is -0.218. The number of pyridine rings is 3. The van der Waals surface area contributed by atoms with Gasteiger partial charge in [-0.2, -0.15) is 5.10 Å². The van der Waals surface area contributed by atoms with Crippen molar-refractivity contribution in [3.8, 4) is 11.3 Å². The number of amides is 1. The van der Waals surface area contributed by atoms with E-state index in [1.54, 1.807) is 41.7 Å². The van der Waals surface area contributed by atoms with Gasteiger partial charge >= 0.3 is 0 Å². The molecule has 0 fully saturated rings. The van der Waals surface area contributed by atoms with Gasteiger partial charge in [0.25, 0.3) is 5.91 Å². The minimum Gasteiger partial charge on any atom is -0.322 e. The van der Waals surface area contributed by atoms with Crippen molar-refractivity contribution < 1.29 is 4.79 Å². The molecule has 1 amide bonds. The Bertz CT molecular complexity index is 1330. The molecule has 4 heterocycles. The van der Waals surface area contributed by atoms with E-state index < -0.39 is 0 Å². The summed E-state index contributed by atoms with van der Waals surface area (Å²) in [6, 6.07) is 18.8. The molecule has 0 radical (unpaired) electrons. The standard InChI is InChI=1S/C24H18N6O/c31-24(28-19-8-2-1-3-9-19)20-12-22(18-7-5-11-26-14-18)29-23-21(20)15-27-30(23)16-17-6-4-10-25-13-17/h1-15H,16H2,(H,28,31). The minimum absolute atomic E-state index is 0.218. The Kier molecular flexibility index (Phi) is 4.90. The van der Waals surface area contributed by atoms with E-state index in [0.717, 1.165) is 16.8 Å². The zero-order chi connectivity index (χ0) is 21.0. The van der Waals surface area contributed by atoms with Crippen LogP contribution in [0.5, 0.6) is 0 Å². The SMILES string of the molecule is O=C(Nc1ccccc1)c1cc(-c2cccnc2)nc2c1cnn2Cc1cccnc1. The van der Waals surface area contributed by atoms with Crippen molar-refractivity contribution in [3.05, 3.63) is 103 Å². The molecule has 150 valence electrons. The zero-order valence-corrected chi connectivity index (χ0v) is 16.5. The van der Waals surface area contributed by atoms with Crippen LogP contribution in [0.15, 0.2) is 91.6 Å². The second-order valence-electron chi connectivity index (χ2n) is 7.02. The van der Waals surface area contributed by atoms with E-state index in [0.29, 0.717) is 28.8 Å². The van der Waals surface area contributed by atoms with Gasteiger partial charge in [-0.05, 0) is 42.0 Å². The normalized spacial score (nSPS) is 10.8. The zero-order valence-electron chi connectivity index (χ0n) is 16.5. The molecule has 0 aliphatic carbocycles. The second kappa shape index (κ2) is 8.16. The summed E-state index contributed by atoms with van der Waals surface area (Å²) in [6.07, 6.45) is 8.65. The number of hydrogen-bond donors (Lipinski definition) is 1. The fourth-order valence-electron chi connectivity index (χ4n) is 3.40. The van der Waals surface area contributed by atoms with Gasteiger partial charge in [0, 0.05) is 36.0 Å². The lowest BCUT2D eigenvalue weighted by Crippen LogP contribution is -2.13. The Morgan fingerprint density at radius 3 is 2.45 bits per heavy atom. The first kappa shape index (κ1) is 18.6. The lowest BCUT2D eigenvalue weighted by atomic mass is 10.1. The van der Waals surface area contributed by atoms with E-state index in [-0.39, 0.29) is 5.91 Å². The lowest BCUT2D eigenvalue weighted by Gasteiger charge is -2.10. The molecule has 0 bridgehead atoms. The Balaban J connectivity index is 1.62. The Hall–Kier alpha value is -4.39. The number of benzene rings is 1. The number of carbonyl (C=O) groups is 1. The molecule has 1 aromatic carbocycles. The highest BCUT2D eigenvalue weighted by atomic mass is 16.1. The quantitative estimate of drug-likeness (QED) is 0.473. The number of carbonyl (C=O) groups excluding carboxylic acids is 1. The minimum atomic E-state index is -0.218. The van der Waals surface area contributed by atoms with E-state index >= 15 is 0 Å². The molecule has 0 unspecified atom stereocenters. The topological polar surface area (TPSA) is 85.6 Å². The van der Waals surface area contributed by atoms with Crippen LogP contribution in [-0.2, 0) is 6.54 Å². The van der Waals surface area contributed by atoms with Gasteiger partial charge in [0.1, 0.15) is 0 Å². The molecular weight excluding hydrogens is 388 g/mol. The first-order valence-electron chi connectivity index (χ1n) is 9.80. The van der Waals surface area contributed by atoms with Crippen LogP contribution in [0.1, 0.15) is 15.9 Å². The van der Waals surface area contributed by atoms with Crippen molar-refractivity contribution in [1.82, 2.24) is 24.7 Å². The van der Waals surface area contributed by atoms with E-state index in [4.69, 9.17) is 4.98 Å². The van der Waals surface area contributed by atoms with E-state index in [1.807, 2.05) is 54.6 Å². The third-order valence-electron chi connectivity index (χ3n) is 4.90. The van der Waals surface area contributed by atoms with Crippen LogP contribution in [0, 0.1) is 0 Å². The molecule has 0 aliphatic heterocycles. The molecule has 7 nitrogen and oxygen atoms in total. The fourth-order valence-corrected chi connectivity index (χ4v) is 3.40. The average Bonchev–Trinajstić information content (AvgIpc) is 3.23. The van der Waals surface area contributed by atoms with Gasteiger partial charge in [0.15, 0.2) is 5.65 Å². The molecule has 0 saturated carbocycles. The van der Waals surface area contributed by atoms with Crippen molar-refractivity contribution in [2.45, 2.75) is 6.54 Å². The van der Waals surface area contributed by atoms with Gasteiger partial charge in [-0.15, -0.1) is 0 Å². The van der Waals surface area contributed by atoms with Crippen LogP contribution in [0.3, 0.4) is 0 Å². The van der Waals surface area contributed by atoms with Gasteiger partial charge in [-0.25, -0.2) is 9.67 Å². The Morgan fingerprint density at radius 2 is 1.71 bits per heavy atom. The largest absolute Gasteiger partial charge is 0.322 e. The molecule has 0 atom stereocenters. The summed E-state index contributed by atoms with van der Waals surface area (Å²) in [5, 5.41) is 8.15. The number of fused-ring (bicyclic) bond motifs is 1. The predicted octanol–water partition coefficient (Wildman–Crippen LogP) is 4.19. The van der Waals surface area contributed by atoms with Gasteiger partial charge in [-0.1, -0.05) is 24.3 Å². The molecule has 7 heteroatoms. The van der Waals surface area contributed by atoms with Crippen molar-refractivity contribution in [2.24, 2.45) is 0 Å². The summed E-state index contributed by atoms with van der Waals surface area (Å²) in [7, 11) is 0. The van der Waals surface area contributed by atoms with Gasteiger partial charge in [-0.3, -0.25) is 14.8 Å². The highest BCUT2D eigenvalue weighted by Gasteiger charge is 2.18. The maximum atomic E-state index is 13.2. The summed E-state index contributed by atoms with van der Waals surface area (Å²) in [4.78, 5) is 26.3. The van der Waals surface area contributed by atoms with Crippen LogP contribution in [0.25, 0.3) is 22.3 Å². The average molecular weight is 406 g/mol. The molecule has 31 heavy (non-hydrogen) atoms. The maximum absolute atomic E-state index is 13.2. The summed E-state index contributed by atoms with van der Waals surface area (Å²) >= 11 is 0. The van der Waals surface area contributed by atoms with E-state index in [9.17, 15) is 4.79 Å². The number of rotatable bonds is 5. The monoisotopic (exact) mass is 406 g/mol. The fraction of sp³-hybridized carbons (Fsp3) is 0.0417. The first-order valence-corrected chi connectivity index (χ1v) is 9.80. The summed E-state index contributed by atoms with van der Waals surface area (Å²) in [6.45, 7) is 0.501. The smallest absolute Gasteiger partial charge is 0.256 e. The molecule has 4 aromatic heterocycles. The molecule has 5 rings (SSSR count). The van der Waals surface area contributed by atoms with Crippen LogP contribution < -0.4 is 5.32 Å². The summed E-state index contributed by atoms with van der Waals surface area (Å²) < 4.78 is 1.78. The molecule has 1 N–H and O–H groups in total. The number of nitrogens with one attached hydrogen (secondary N) is 1. The van der Waals surface area contributed by atoms with Gasteiger partial charge in [0.05, 0.1) is 29.4 Å². The van der Waals surface area contributed by atoms with E-state index in [2.05, 4.69) is 20.4 Å². The number of hydrogen-bond acceptors (Lipinski definition) is 5. The third kappa shape index (κ3) is 3.89. The second-order valence-corrected chi connectivity index (χ2v) is 7.02. The van der Waals surface area contributed by atoms with Crippen LogP contribution in [0.2, 0.25) is 0 Å².